The van der Waals surface area contributed by atoms with E-state index < -0.39 is 5.92 Å². The van der Waals surface area contributed by atoms with Crippen LogP contribution in [0.15, 0.2) is 0 Å². The zero-order valence-electron chi connectivity index (χ0n) is 8.98. The molecule has 3 heteroatoms. The quantitative estimate of drug-likeness (QED) is 0.603. The number of alkyl halides is 2. The summed E-state index contributed by atoms with van der Waals surface area (Å²) in [7, 11) is 0. The Labute approximate surface area is 89.2 Å². The summed E-state index contributed by atoms with van der Waals surface area (Å²) < 4.78 is 32.1. The first-order chi connectivity index (χ1) is 7.09. The third kappa shape index (κ3) is 1.91. The Morgan fingerprint density at radius 1 is 0.933 bits per heavy atom. The van der Waals surface area contributed by atoms with Gasteiger partial charge in [0.1, 0.15) is 0 Å². The highest BCUT2D eigenvalue weighted by molar-refractivity contribution is 4.97. The van der Waals surface area contributed by atoms with Crippen LogP contribution < -0.4 is 0 Å². The summed E-state index contributed by atoms with van der Waals surface area (Å²) in [6.07, 6.45) is 4.73. The van der Waals surface area contributed by atoms with Gasteiger partial charge in [-0.2, -0.15) is 0 Å². The van der Waals surface area contributed by atoms with E-state index in [1.165, 1.54) is 12.8 Å². The van der Waals surface area contributed by atoms with Crippen LogP contribution in [0.3, 0.4) is 0 Å². The molecule has 0 unspecified atom stereocenters. The van der Waals surface area contributed by atoms with E-state index in [0.29, 0.717) is 12.8 Å². The first-order valence-electron chi connectivity index (χ1n) is 6.10. The zero-order valence-corrected chi connectivity index (χ0v) is 8.98. The van der Waals surface area contributed by atoms with Crippen LogP contribution in [0.1, 0.15) is 44.9 Å². The molecule has 86 valence electrons. The molecule has 3 fully saturated rings. The summed E-state index contributed by atoms with van der Waals surface area (Å²) in [6, 6.07) is 0. The molecule has 1 aliphatic heterocycles. The lowest BCUT2D eigenvalue weighted by Gasteiger charge is -2.39. The number of ether oxygens (including phenoxy) is 1. The second-order valence-electron chi connectivity index (χ2n) is 5.64. The van der Waals surface area contributed by atoms with Crippen molar-refractivity contribution in [2.24, 2.45) is 11.8 Å². The molecule has 0 aromatic heterocycles. The van der Waals surface area contributed by atoms with Crippen LogP contribution in [-0.4, -0.2) is 18.1 Å². The van der Waals surface area contributed by atoms with Crippen molar-refractivity contribution in [2.45, 2.75) is 56.5 Å². The zero-order chi connectivity index (χ0) is 10.5. The molecule has 0 aromatic carbocycles. The summed E-state index contributed by atoms with van der Waals surface area (Å²) in [6.45, 7) is 0.830. The molecule has 2 atom stereocenters. The number of rotatable bonds is 0. The normalized spacial score (nSPS) is 42.0. The average Bonchev–Trinajstić information content (AvgIpc) is 2.93. The summed E-state index contributed by atoms with van der Waals surface area (Å²) in [5.74, 6) is -0.817. The van der Waals surface area contributed by atoms with Gasteiger partial charge in [-0.15, -0.1) is 0 Å². The molecule has 2 aliphatic carbocycles. The highest BCUT2D eigenvalue weighted by Gasteiger charge is 2.49. The summed E-state index contributed by atoms with van der Waals surface area (Å²) >= 11 is 0. The lowest BCUT2D eigenvalue weighted by atomic mass is 9.79. The molecule has 3 rings (SSSR count). The average molecular weight is 216 g/mol. The van der Waals surface area contributed by atoms with Crippen LogP contribution in [0.2, 0.25) is 0 Å². The van der Waals surface area contributed by atoms with Gasteiger partial charge in [0.05, 0.1) is 12.2 Å². The van der Waals surface area contributed by atoms with Gasteiger partial charge >= 0.3 is 0 Å². The van der Waals surface area contributed by atoms with E-state index in [1.807, 2.05) is 0 Å². The Morgan fingerprint density at radius 3 is 2.40 bits per heavy atom. The van der Waals surface area contributed by atoms with Crippen molar-refractivity contribution < 1.29 is 13.5 Å². The van der Waals surface area contributed by atoms with Crippen molar-refractivity contribution in [2.75, 3.05) is 6.61 Å². The topological polar surface area (TPSA) is 9.23 Å². The van der Waals surface area contributed by atoms with Gasteiger partial charge in [0.2, 0.25) is 5.92 Å². The molecule has 0 amide bonds. The fourth-order valence-electron chi connectivity index (χ4n) is 3.14. The van der Waals surface area contributed by atoms with Crippen molar-refractivity contribution in [1.29, 1.82) is 0 Å². The first-order valence-corrected chi connectivity index (χ1v) is 6.10. The molecular formula is C12H18F2O. The van der Waals surface area contributed by atoms with Gasteiger partial charge in [0.25, 0.3) is 0 Å². The smallest absolute Gasteiger partial charge is 0.248 e. The van der Waals surface area contributed by atoms with E-state index in [-0.39, 0.29) is 18.4 Å². The molecule has 3 aliphatic rings. The lowest BCUT2D eigenvalue weighted by molar-refractivity contribution is -0.134. The van der Waals surface area contributed by atoms with E-state index in [1.54, 1.807) is 0 Å². The van der Waals surface area contributed by atoms with E-state index in [4.69, 9.17) is 4.74 Å². The molecule has 1 heterocycles. The van der Waals surface area contributed by atoms with Gasteiger partial charge < -0.3 is 4.74 Å². The van der Waals surface area contributed by atoms with E-state index in [2.05, 4.69) is 0 Å². The SMILES string of the molecule is FC1(F)CCC2(CC[C@H]3C[C@H]3CO2)CC1. The number of hydrogen-bond donors (Lipinski definition) is 0. The highest BCUT2D eigenvalue weighted by atomic mass is 19.3. The molecule has 15 heavy (non-hydrogen) atoms. The minimum Gasteiger partial charge on any atom is -0.375 e. The monoisotopic (exact) mass is 216 g/mol. The van der Waals surface area contributed by atoms with Gasteiger partial charge in [0.15, 0.2) is 0 Å². The molecule has 1 nitrogen and oxygen atoms in total. The predicted octanol–water partition coefficient (Wildman–Crippen LogP) is 3.38. The fraction of sp³-hybridized carbons (Fsp3) is 1.00. The number of halogens is 2. The Hall–Kier alpha value is -0.180. The maximum absolute atomic E-state index is 13.1. The Kier molecular flexibility index (Phi) is 2.11. The Bertz CT molecular complexity index is 240. The highest BCUT2D eigenvalue weighted by Crippen LogP contribution is 2.51. The first kappa shape index (κ1) is 10.0. The molecule has 0 aromatic rings. The number of fused-ring (bicyclic) bond motifs is 1. The predicted molar refractivity (Wildman–Crippen MR) is 52.9 cm³/mol. The van der Waals surface area contributed by atoms with Gasteiger partial charge in [-0.25, -0.2) is 8.78 Å². The minimum atomic E-state index is -2.43. The minimum absolute atomic E-state index is 0.0301. The summed E-state index contributed by atoms with van der Waals surface area (Å²) in [5, 5.41) is 0. The Balaban J connectivity index is 1.65. The van der Waals surface area contributed by atoms with E-state index in [9.17, 15) is 8.78 Å². The maximum atomic E-state index is 13.1. The van der Waals surface area contributed by atoms with Crippen molar-refractivity contribution in [1.82, 2.24) is 0 Å². The molecule has 0 radical (unpaired) electrons. The van der Waals surface area contributed by atoms with Gasteiger partial charge in [0, 0.05) is 12.8 Å². The van der Waals surface area contributed by atoms with Crippen LogP contribution >= 0.6 is 0 Å². The van der Waals surface area contributed by atoms with Crippen molar-refractivity contribution >= 4 is 0 Å². The van der Waals surface area contributed by atoms with Crippen molar-refractivity contribution in [3.8, 4) is 0 Å². The van der Waals surface area contributed by atoms with Gasteiger partial charge in [-0.3, -0.25) is 0 Å². The molecular weight excluding hydrogens is 198 g/mol. The molecule has 0 N–H and O–H groups in total. The standard InChI is InChI=1S/C12H18F2O/c13-12(14)5-3-11(4-6-12)2-1-9-7-10(9)8-15-11/h9-10H,1-8H2/t9-,10-/m0/s1. The second-order valence-corrected chi connectivity index (χ2v) is 5.64. The summed E-state index contributed by atoms with van der Waals surface area (Å²) in [5.41, 5.74) is -0.172. The van der Waals surface area contributed by atoms with Crippen LogP contribution in [0.5, 0.6) is 0 Å². The van der Waals surface area contributed by atoms with E-state index in [0.717, 1.165) is 24.9 Å². The third-order valence-electron chi connectivity index (χ3n) is 4.54. The largest absolute Gasteiger partial charge is 0.375 e. The third-order valence-corrected chi connectivity index (χ3v) is 4.54. The van der Waals surface area contributed by atoms with Gasteiger partial charge in [-0.1, -0.05) is 0 Å². The molecule has 2 saturated carbocycles. The van der Waals surface area contributed by atoms with Crippen molar-refractivity contribution in [3.63, 3.8) is 0 Å². The van der Waals surface area contributed by atoms with Crippen molar-refractivity contribution in [3.05, 3.63) is 0 Å². The molecule has 0 bridgehead atoms. The maximum Gasteiger partial charge on any atom is 0.248 e. The van der Waals surface area contributed by atoms with Crippen LogP contribution in [0.4, 0.5) is 8.78 Å². The van der Waals surface area contributed by atoms with Gasteiger partial charge in [-0.05, 0) is 43.9 Å². The van der Waals surface area contributed by atoms with E-state index >= 15 is 0 Å². The van der Waals surface area contributed by atoms with Crippen LogP contribution in [0, 0.1) is 11.8 Å². The Morgan fingerprint density at radius 2 is 1.67 bits per heavy atom. The van der Waals surface area contributed by atoms with Crippen LogP contribution in [-0.2, 0) is 4.74 Å². The van der Waals surface area contributed by atoms with Crippen LogP contribution in [0.25, 0.3) is 0 Å². The number of hydrogen-bond acceptors (Lipinski definition) is 1. The second kappa shape index (κ2) is 3.16. The molecule has 1 spiro atoms. The molecule has 1 saturated heterocycles. The lowest BCUT2D eigenvalue weighted by Crippen LogP contribution is -2.40. The fourth-order valence-corrected chi connectivity index (χ4v) is 3.14. The summed E-state index contributed by atoms with van der Waals surface area (Å²) in [4.78, 5) is 0.